The lowest BCUT2D eigenvalue weighted by molar-refractivity contribution is -0.111. The maximum absolute atomic E-state index is 13.3. The summed E-state index contributed by atoms with van der Waals surface area (Å²) >= 11 is 6.03. The quantitative estimate of drug-likeness (QED) is 0.331. The molecule has 3 aromatic rings. The van der Waals surface area contributed by atoms with E-state index in [1.54, 1.807) is 18.2 Å². The summed E-state index contributed by atoms with van der Waals surface area (Å²) in [5.41, 5.74) is 0.689. The summed E-state index contributed by atoms with van der Waals surface area (Å²) in [5.74, 6) is -0.799. The van der Waals surface area contributed by atoms with Gasteiger partial charge in [-0.2, -0.15) is 0 Å². The number of ether oxygens (including phenoxy) is 3. The molecule has 34 heavy (non-hydrogen) atoms. The van der Waals surface area contributed by atoms with E-state index in [9.17, 15) is 14.4 Å². The SMILES string of the molecule is COC(Cn1cc(C=O)c(=O)c(OCc2ccccc2)c1C(=O)NCc1cccc(Cl)c1)OC. The van der Waals surface area contributed by atoms with Gasteiger partial charge in [0.05, 0.1) is 12.1 Å². The van der Waals surface area contributed by atoms with Crippen molar-refractivity contribution in [2.75, 3.05) is 14.2 Å². The van der Waals surface area contributed by atoms with E-state index in [0.29, 0.717) is 11.3 Å². The molecular formula is C25H25ClN2O6. The first-order chi connectivity index (χ1) is 16.5. The average molecular weight is 485 g/mol. The first-order valence-corrected chi connectivity index (χ1v) is 10.8. The molecule has 1 amide bonds. The van der Waals surface area contributed by atoms with Crippen molar-refractivity contribution in [1.29, 1.82) is 0 Å². The monoisotopic (exact) mass is 484 g/mol. The molecule has 0 spiro atoms. The van der Waals surface area contributed by atoms with Gasteiger partial charge < -0.3 is 24.1 Å². The van der Waals surface area contributed by atoms with Gasteiger partial charge in [-0.15, -0.1) is 0 Å². The third-order valence-electron chi connectivity index (χ3n) is 5.05. The standard InChI is InChI=1S/C25H25ClN2O6/c1-32-21(33-2)14-28-13-19(15-29)23(30)24(34-16-17-7-4-3-5-8-17)22(28)25(31)27-12-18-9-6-10-20(26)11-18/h3-11,13,15,21H,12,14,16H2,1-2H3,(H,27,31). The molecule has 1 aromatic heterocycles. The fourth-order valence-electron chi connectivity index (χ4n) is 3.30. The first-order valence-electron chi connectivity index (χ1n) is 10.4. The lowest BCUT2D eigenvalue weighted by Gasteiger charge is -2.21. The Bertz CT molecular complexity index is 1190. The van der Waals surface area contributed by atoms with E-state index < -0.39 is 17.6 Å². The molecule has 3 rings (SSSR count). The fourth-order valence-corrected chi connectivity index (χ4v) is 3.52. The number of aromatic nitrogens is 1. The predicted molar refractivity (Wildman–Crippen MR) is 127 cm³/mol. The van der Waals surface area contributed by atoms with Gasteiger partial charge in [0.25, 0.3) is 5.91 Å². The normalized spacial score (nSPS) is 10.8. The molecule has 1 N–H and O–H groups in total. The van der Waals surface area contributed by atoms with Gasteiger partial charge in [-0.25, -0.2) is 0 Å². The van der Waals surface area contributed by atoms with Crippen molar-refractivity contribution in [2.45, 2.75) is 26.0 Å². The van der Waals surface area contributed by atoms with Crippen molar-refractivity contribution < 1.29 is 23.8 Å². The van der Waals surface area contributed by atoms with E-state index in [1.807, 2.05) is 36.4 Å². The topological polar surface area (TPSA) is 95.9 Å². The molecule has 0 aliphatic rings. The van der Waals surface area contributed by atoms with Crippen LogP contribution in [0.25, 0.3) is 0 Å². The van der Waals surface area contributed by atoms with Gasteiger partial charge in [0.1, 0.15) is 6.61 Å². The van der Waals surface area contributed by atoms with Gasteiger partial charge in [-0.05, 0) is 23.3 Å². The zero-order valence-corrected chi connectivity index (χ0v) is 19.6. The fraction of sp³-hybridized carbons (Fsp3) is 0.240. The van der Waals surface area contributed by atoms with Crippen LogP contribution in [0.3, 0.4) is 0 Å². The third-order valence-corrected chi connectivity index (χ3v) is 5.28. The van der Waals surface area contributed by atoms with Gasteiger partial charge in [-0.1, -0.05) is 54.1 Å². The van der Waals surface area contributed by atoms with Crippen LogP contribution in [-0.4, -0.2) is 37.3 Å². The van der Waals surface area contributed by atoms with Crippen LogP contribution in [0, 0.1) is 0 Å². The number of nitrogens with one attached hydrogen (secondary N) is 1. The van der Waals surface area contributed by atoms with Gasteiger partial charge >= 0.3 is 0 Å². The molecule has 0 aliphatic heterocycles. The van der Waals surface area contributed by atoms with E-state index in [1.165, 1.54) is 25.0 Å². The molecule has 0 atom stereocenters. The summed E-state index contributed by atoms with van der Waals surface area (Å²) in [7, 11) is 2.89. The Balaban J connectivity index is 2.02. The van der Waals surface area contributed by atoms with E-state index >= 15 is 0 Å². The number of amides is 1. The summed E-state index contributed by atoms with van der Waals surface area (Å²) in [6, 6.07) is 16.2. The molecule has 8 nitrogen and oxygen atoms in total. The minimum atomic E-state index is -0.733. The number of hydrogen-bond donors (Lipinski definition) is 1. The zero-order valence-electron chi connectivity index (χ0n) is 18.8. The Labute approximate surface area is 202 Å². The second kappa shape index (κ2) is 12.1. The summed E-state index contributed by atoms with van der Waals surface area (Å²) < 4.78 is 17.8. The number of benzene rings is 2. The summed E-state index contributed by atoms with van der Waals surface area (Å²) in [4.78, 5) is 37.9. The Morgan fingerprint density at radius 1 is 1.09 bits per heavy atom. The molecule has 0 unspecified atom stereocenters. The zero-order chi connectivity index (χ0) is 24.5. The van der Waals surface area contributed by atoms with Gasteiger partial charge in [0.2, 0.25) is 5.43 Å². The molecule has 0 bridgehead atoms. The molecule has 9 heteroatoms. The van der Waals surface area contributed by atoms with Crippen LogP contribution in [0.2, 0.25) is 5.02 Å². The third kappa shape index (κ3) is 6.32. The number of aldehydes is 1. The van der Waals surface area contributed by atoms with E-state index in [4.69, 9.17) is 25.8 Å². The summed E-state index contributed by atoms with van der Waals surface area (Å²) in [6.07, 6.45) is 0.990. The Morgan fingerprint density at radius 2 is 1.79 bits per heavy atom. The summed E-state index contributed by atoms with van der Waals surface area (Å²) in [6.45, 7) is 0.236. The lowest BCUT2D eigenvalue weighted by atomic mass is 10.2. The largest absolute Gasteiger partial charge is 0.483 e. The smallest absolute Gasteiger partial charge is 0.272 e. The van der Waals surface area contributed by atoms with E-state index in [0.717, 1.165) is 11.1 Å². The molecule has 1 heterocycles. The van der Waals surface area contributed by atoms with Crippen LogP contribution in [0.1, 0.15) is 32.0 Å². The van der Waals surface area contributed by atoms with Crippen molar-refractivity contribution in [3.63, 3.8) is 0 Å². The number of pyridine rings is 1. The van der Waals surface area contributed by atoms with Crippen LogP contribution in [-0.2, 0) is 29.2 Å². The predicted octanol–water partition coefficient (Wildman–Crippen LogP) is 3.44. The molecule has 0 saturated carbocycles. The Kier molecular flexibility index (Phi) is 8.98. The maximum atomic E-state index is 13.3. The minimum Gasteiger partial charge on any atom is -0.483 e. The van der Waals surface area contributed by atoms with E-state index in [-0.39, 0.29) is 36.7 Å². The maximum Gasteiger partial charge on any atom is 0.272 e. The molecule has 0 fully saturated rings. The van der Waals surface area contributed by atoms with Crippen LogP contribution < -0.4 is 15.5 Å². The summed E-state index contributed by atoms with van der Waals surface area (Å²) in [5, 5.41) is 3.32. The molecule has 178 valence electrons. The van der Waals surface area contributed by atoms with E-state index in [2.05, 4.69) is 5.32 Å². The number of rotatable bonds is 11. The molecule has 0 saturated heterocycles. The minimum absolute atomic E-state index is 0.0327. The van der Waals surface area contributed by atoms with Crippen LogP contribution in [0.4, 0.5) is 0 Å². The van der Waals surface area contributed by atoms with Crippen molar-refractivity contribution >= 4 is 23.8 Å². The number of carbonyl (C=O) groups excluding carboxylic acids is 2. The average Bonchev–Trinajstić information content (AvgIpc) is 2.86. The molecule has 0 radical (unpaired) electrons. The molecule has 2 aromatic carbocycles. The van der Waals surface area contributed by atoms with Gasteiger partial charge in [0, 0.05) is 32.0 Å². The highest BCUT2D eigenvalue weighted by Crippen LogP contribution is 2.19. The Morgan fingerprint density at radius 3 is 2.44 bits per heavy atom. The highest BCUT2D eigenvalue weighted by molar-refractivity contribution is 6.30. The Hall–Kier alpha value is -3.46. The van der Waals surface area contributed by atoms with Gasteiger partial charge in [-0.3, -0.25) is 14.4 Å². The molecular weight excluding hydrogens is 460 g/mol. The lowest BCUT2D eigenvalue weighted by Crippen LogP contribution is -2.33. The van der Waals surface area contributed by atoms with Gasteiger partial charge in [0.15, 0.2) is 24.0 Å². The number of methoxy groups -OCH3 is 2. The number of hydrogen-bond acceptors (Lipinski definition) is 6. The van der Waals surface area contributed by atoms with Crippen LogP contribution in [0.15, 0.2) is 65.6 Å². The second-order valence-electron chi connectivity index (χ2n) is 7.35. The number of halogens is 1. The van der Waals surface area contributed by atoms with Crippen molar-refractivity contribution in [1.82, 2.24) is 9.88 Å². The van der Waals surface area contributed by atoms with Crippen LogP contribution >= 0.6 is 11.6 Å². The van der Waals surface area contributed by atoms with Crippen LogP contribution in [0.5, 0.6) is 5.75 Å². The van der Waals surface area contributed by atoms with Crippen molar-refractivity contribution in [3.8, 4) is 5.75 Å². The van der Waals surface area contributed by atoms with Crippen molar-refractivity contribution in [3.05, 3.63) is 98.4 Å². The highest BCUT2D eigenvalue weighted by atomic mass is 35.5. The first kappa shape index (κ1) is 25.2. The number of nitrogens with zero attached hydrogens (tertiary/aromatic N) is 1. The second-order valence-corrected chi connectivity index (χ2v) is 7.79. The highest BCUT2D eigenvalue weighted by Gasteiger charge is 2.24. The number of carbonyl (C=O) groups is 2. The molecule has 0 aliphatic carbocycles. The van der Waals surface area contributed by atoms with Crippen molar-refractivity contribution in [2.24, 2.45) is 0 Å².